The van der Waals surface area contributed by atoms with Crippen molar-refractivity contribution in [1.29, 1.82) is 0 Å². The Morgan fingerprint density at radius 3 is 2.61 bits per heavy atom. The number of nitrogens with one attached hydrogen (secondary N) is 1. The number of carboxylic acids is 1. The molecule has 0 bridgehead atoms. The molecule has 2 fully saturated rings. The quantitative estimate of drug-likeness (QED) is 0.715. The van der Waals surface area contributed by atoms with Gasteiger partial charge in [0.15, 0.2) is 0 Å². The van der Waals surface area contributed by atoms with Crippen molar-refractivity contribution >= 4 is 5.97 Å². The second kappa shape index (κ2) is 6.55. The van der Waals surface area contributed by atoms with E-state index in [2.05, 4.69) is 12.2 Å². The summed E-state index contributed by atoms with van der Waals surface area (Å²) in [5.41, 5.74) is 0. The monoisotopic (exact) mass is 253 g/mol. The average Bonchev–Trinajstić information content (AvgIpc) is 3.13. The molecular weight excluding hydrogens is 226 g/mol. The fraction of sp³-hybridized carbons (Fsp3) is 0.933. The Bertz CT molecular complexity index is 276. The maximum atomic E-state index is 11.2. The molecule has 2 rings (SSSR count). The molecule has 0 aromatic heterocycles. The minimum absolute atomic E-state index is 0.280. The van der Waals surface area contributed by atoms with E-state index < -0.39 is 5.97 Å². The Hall–Kier alpha value is -0.570. The van der Waals surface area contributed by atoms with Crippen molar-refractivity contribution < 1.29 is 9.90 Å². The van der Waals surface area contributed by atoms with E-state index >= 15 is 0 Å². The molecule has 0 aromatic rings. The molecule has 0 heterocycles. The molecular formula is C15H27NO2. The minimum atomic E-state index is -0.646. The van der Waals surface area contributed by atoms with Gasteiger partial charge >= 0.3 is 5.97 Å². The zero-order chi connectivity index (χ0) is 13.0. The van der Waals surface area contributed by atoms with E-state index in [1.165, 1.54) is 38.5 Å². The van der Waals surface area contributed by atoms with Gasteiger partial charge in [0.2, 0.25) is 0 Å². The molecule has 2 saturated carbocycles. The van der Waals surface area contributed by atoms with E-state index in [1.54, 1.807) is 0 Å². The average molecular weight is 253 g/mol. The maximum absolute atomic E-state index is 11.2. The first-order valence-corrected chi connectivity index (χ1v) is 7.69. The fourth-order valence-corrected chi connectivity index (χ4v) is 3.33. The Kier molecular flexibility index (Phi) is 5.04. The molecule has 0 amide bonds. The fourth-order valence-electron chi connectivity index (χ4n) is 3.33. The SMILES string of the molecule is CCCC1CCCC(NC(C(=O)O)C2CC2)CC1. The van der Waals surface area contributed by atoms with Crippen LogP contribution in [0.4, 0.5) is 0 Å². The molecule has 3 unspecified atom stereocenters. The summed E-state index contributed by atoms with van der Waals surface area (Å²) in [4.78, 5) is 11.2. The second-order valence-corrected chi connectivity index (χ2v) is 6.18. The number of aliphatic carboxylic acids is 1. The van der Waals surface area contributed by atoms with Crippen molar-refractivity contribution in [2.24, 2.45) is 11.8 Å². The highest BCUT2D eigenvalue weighted by Crippen LogP contribution is 2.34. The Labute approximate surface area is 110 Å². The van der Waals surface area contributed by atoms with E-state index in [0.29, 0.717) is 12.0 Å². The number of carbonyl (C=O) groups is 1. The predicted molar refractivity (Wildman–Crippen MR) is 72.6 cm³/mol. The lowest BCUT2D eigenvalue weighted by Crippen LogP contribution is -2.44. The van der Waals surface area contributed by atoms with Crippen LogP contribution in [0.2, 0.25) is 0 Å². The molecule has 3 nitrogen and oxygen atoms in total. The molecule has 0 aliphatic heterocycles. The third-order valence-electron chi connectivity index (χ3n) is 4.56. The third-order valence-corrected chi connectivity index (χ3v) is 4.56. The normalized spacial score (nSPS) is 30.7. The topological polar surface area (TPSA) is 49.3 Å². The van der Waals surface area contributed by atoms with Crippen LogP contribution in [0, 0.1) is 11.8 Å². The molecule has 18 heavy (non-hydrogen) atoms. The first-order valence-electron chi connectivity index (χ1n) is 7.69. The third kappa shape index (κ3) is 3.98. The highest BCUT2D eigenvalue weighted by atomic mass is 16.4. The summed E-state index contributed by atoms with van der Waals surface area (Å²) >= 11 is 0. The summed E-state index contributed by atoms with van der Waals surface area (Å²) in [6.07, 6.45) is 11.0. The van der Waals surface area contributed by atoms with Crippen LogP contribution in [0.15, 0.2) is 0 Å². The van der Waals surface area contributed by atoms with Crippen molar-refractivity contribution in [2.75, 3.05) is 0 Å². The standard InChI is InChI=1S/C15H27NO2/c1-2-4-11-5-3-6-13(10-7-11)16-14(15(17)18)12-8-9-12/h11-14,16H,2-10H2,1H3,(H,17,18). The smallest absolute Gasteiger partial charge is 0.320 e. The van der Waals surface area contributed by atoms with Gasteiger partial charge in [-0.1, -0.05) is 32.6 Å². The molecule has 0 spiro atoms. The van der Waals surface area contributed by atoms with E-state index in [9.17, 15) is 9.90 Å². The van der Waals surface area contributed by atoms with Crippen LogP contribution in [0.5, 0.6) is 0 Å². The molecule has 2 aliphatic rings. The van der Waals surface area contributed by atoms with Crippen molar-refractivity contribution in [3.63, 3.8) is 0 Å². The van der Waals surface area contributed by atoms with Crippen molar-refractivity contribution in [1.82, 2.24) is 5.32 Å². The van der Waals surface area contributed by atoms with Gasteiger partial charge in [-0.05, 0) is 43.9 Å². The molecule has 3 atom stereocenters. The van der Waals surface area contributed by atoms with E-state index in [-0.39, 0.29) is 6.04 Å². The lowest BCUT2D eigenvalue weighted by atomic mass is 9.95. The van der Waals surface area contributed by atoms with Crippen LogP contribution >= 0.6 is 0 Å². The van der Waals surface area contributed by atoms with Crippen LogP contribution in [0.3, 0.4) is 0 Å². The molecule has 2 N–H and O–H groups in total. The number of hydrogen-bond acceptors (Lipinski definition) is 2. The van der Waals surface area contributed by atoms with Gasteiger partial charge in [0.25, 0.3) is 0 Å². The minimum Gasteiger partial charge on any atom is -0.480 e. The number of carboxylic acid groups (broad SMARTS) is 1. The molecule has 0 radical (unpaired) electrons. The van der Waals surface area contributed by atoms with Crippen molar-refractivity contribution in [2.45, 2.75) is 76.8 Å². The maximum Gasteiger partial charge on any atom is 0.320 e. The molecule has 104 valence electrons. The largest absolute Gasteiger partial charge is 0.480 e. The summed E-state index contributed by atoms with van der Waals surface area (Å²) in [6.45, 7) is 2.26. The lowest BCUT2D eigenvalue weighted by Gasteiger charge is -2.22. The zero-order valence-electron chi connectivity index (χ0n) is 11.5. The second-order valence-electron chi connectivity index (χ2n) is 6.18. The van der Waals surface area contributed by atoms with Crippen LogP contribution in [-0.4, -0.2) is 23.2 Å². The van der Waals surface area contributed by atoms with Crippen LogP contribution in [-0.2, 0) is 4.79 Å². The Balaban J connectivity index is 1.80. The summed E-state index contributed by atoms with van der Waals surface area (Å²) in [5, 5.41) is 12.7. The summed E-state index contributed by atoms with van der Waals surface area (Å²) < 4.78 is 0. The van der Waals surface area contributed by atoms with Crippen LogP contribution < -0.4 is 5.32 Å². The van der Waals surface area contributed by atoms with Gasteiger partial charge in [-0.2, -0.15) is 0 Å². The molecule has 2 aliphatic carbocycles. The van der Waals surface area contributed by atoms with Crippen LogP contribution in [0.1, 0.15) is 64.7 Å². The summed E-state index contributed by atoms with van der Waals surface area (Å²) in [6, 6.07) is 0.159. The van der Waals surface area contributed by atoms with Gasteiger partial charge < -0.3 is 10.4 Å². The van der Waals surface area contributed by atoms with Crippen molar-refractivity contribution in [3.05, 3.63) is 0 Å². The van der Waals surface area contributed by atoms with Crippen LogP contribution in [0.25, 0.3) is 0 Å². The lowest BCUT2D eigenvalue weighted by molar-refractivity contribution is -0.140. The zero-order valence-corrected chi connectivity index (χ0v) is 11.5. The molecule has 0 aromatic carbocycles. The predicted octanol–water partition coefficient (Wildman–Crippen LogP) is 3.19. The van der Waals surface area contributed by atoms with E-state index in [1.807, 2.05) is 0 Å². The first kappa shape index (κ1) is 13.9. The Morgan fingerprint density at radius 1 is 1.22 bits per heavy atom. The van der Waals surface area contributed by atoms with Gasteiger partial charge in [0.1, 0.15) is 6.04 Å². The van der Waals surface area contributed by atoms with Gasteiger partial charge in [-0.15, -0.1) is 0 Å². The number of hydrogen-bond donors (Lipinski definition) is 2. The number of rotatable bonds is 6. The van der Waals surface area contributed by atoms with E-state index in [0.717, 1.165) is 25.2 Å². The van der Waals surface area contributed by atoms with Gasteiger partial charge in [0, 0.05) is 6.04 Å². The van der Waals surface area contributed by atoms with Gasteiger partial charge in [-0.3, -0.25) is 4.79 Å². The Morgan fingerprint density at radius 2 is 2.00 bits per heavy atom. The van der Waals surface area contributed by atoms with Gasteiger partial charge in [0.05, 0.1) is 0 Å². The molecule has 0 saturated heterocycles. The first-order chi connectivity index (χ1) is 8.70. The molecule has 3 heteroatoms. The highest BCUT2D eigenvalue weighted by molar-refractivity contribution is 5.74. The van der Waals surface area contributed by atoms with Crippen molar-refractivity contribution in [3.8, 4) is 0 Å². The van der Waals surface area contributed by atoms with Gasteiger partial charge in [-0.25, -0.2) is 0 Å². The highest BCUT2D eigenvalue weighted by Gasteiger charge is 2.37. The summed E-state index contributed by atoms with van der Waals surface area (Å²) in [7, 11) is 0. The summed E-state index contributed by atoms with van der Waals surface area (Å²) in [5.74, 6) is 0.634. The van der Waals surface area contributed by atoms with E-state index in [4.69, 9.17) is 0 Å².